The number of aromatic nitrogens is 1. The molecule has 1 aliphatic rings. The van der Waals surface area contributed by atoms with Gasteiger partial charge in [0, 0.05) is 29.7 Å². The molecule has 25 heavy (non-hydrogen) atoms. The van der Waals surface area contributed by atoms with E-state index in [0.717, 1.165) is 25.1 Å². The molecule has 0 saturated heterocycles. The van der Waals surface area contributed by atoms with Gasteiger partial charge in [-0.2, -0.15) is 0 Å². The van der Waals surface area contributed by atoms with Crippen LogP contribution in [0.5, 0.6) is 5.75 Å². The summed E-state index contributed by atoms with van der Waals surface area (Å²) in [4.78, 5) is 0. The molecular weight excluding hydrogens is 339 g/mol. The molecule has 2 aromatic carbocycles. The van der Waals surface area contributed by atoms with Gasteiger partial charge in [-0.1, -0.05) is 17.7 Å². The van der Waals surface area contributed by atoms with Crippen LogP contribution in [0.4, 0.5) is 4.39 Å². The Labute approximate surface area is 153 Å². The van der Waals surface area contributed by atoms with Crippen molar-refractivity contribution in [2.24, 2.45) is 0 Å². The standard InChI is InChI=1S/C20H21FN2O.ClH/c1-13-3-5-18-16(9-13)15-7-8-22-11-19(15)23(18)12-14-4-6-20(24-2)17(21)10-14;/h3-6,9-10,22H,7-8,11-12H2,1-2H3;1H. The number of hydrogen-bond acceptors (Lipinski definition) is 2. The SMILES string of the molecule is COc1ccc(Cn2c3c(c4cc(C)ccc42)CCNC3)cc1F.Cl. The fourth-order valence-corrected chi connectivity index (χ4v) is 3.66. The first-order valence-electron chi connectivity index (χ1n) is 8.31. The van der Waals surface area contributed by atoms with Crippen molar-refractivity contribution < 1.29 is 9.13 Å². The van der Waals surface area contributed by atoms with E-state index in [2.05, 4.69) is 35.0 Å². The maximum Gasteiger partial charge on any atom is 0.165 e. The van der Waals surface area contributed by atoms with Gasteiger partial charge in [-0.15, -0.1) is 12.4 Å². The van der Waals surface area contributed by atoms with Crippen LogP contribution in [0.2, 0.25) is 0 Å². The van der Waals surface area contributed by atoms with Gasteiger partial charge < -0.3 is 14.6 Å². The summed E-state index contributed by atoms with van der Waals surface area (Å²) in [6, 6.07) is 11.8. The first kappa shape index (κ1) is 17.8. The molecule has 1 N–H and O–H groups in total. The lowest BCUT2D eigenvalue weighted by Crippen LogP contribution is -2.25. The molecular formula is C20H22ClFN2O. The van der Waals surface area contributed by atoms with Crippen molar-refractivity contribution in [3.8, 4) is 5.75 Å². The van der Waals surface area contributed by atoms with E-state index >= 15 is 0 Å². The Morgan fingerprint density at radius 1 is 1.20 bits per heavy atom. The summed E-state index contributed by atoms with van der Waals surface area (Å²) in [6.07, 6.45) is 1.04. The van der Waals surface area contributed by atoms with Crippen LogP contribution >= 0.6 is 12.4 Å². The zero-order valence-corrected chi connectivity index (χ0v) is 15.3. The number of aryl methyl sites for hydroxylation is 1. The Morgan fingerprint density at radius 3 is 2.80 bits per heavy atom. The molecule has 2 heterocycles. The van der Waals surface area contributed by atoms with Gasteiger partial charge in [-0.25, -0.2) is 4.39 Å². The second-order valence-corrected chi connectivity index (χ2v) is 6.43. The number of rotatable bonds is 3. The number of fused-ring (bicyclic) bond motifs is 3. The highest BCUT2D eigenvalue weighted by molar-refractivity contribution is 5.86. The molecule has 0 saturated carbocycles. The zero-order chi connectivity index (χ0) is 16.7. The highest BCUT2D eigenvalue weighted by Gasteiger charge is 2.20. The highest BCUT2D eigenvalue weighted by atomic mass is 35.5. The minimum absolute atomic E-state index is 0. The molecule has 0 radical (unpaired) electrons. The molecule has 4 rings (SSSR count). The smallest absolute Gasteiger partial charge is 0.165 e. The van der Waals surface area contributed by atoms with Crippen LogP contribution in [-0.2, 0) is 19.5 Å². The molecule has 0 unspecified atom stereocenters. The van der Waals surface area contributed by atoms with Crippen molar-refractivity contribution in [2.45, 2.75) is 26.4 Å². The molecule has 1 aliphatic heterocycles. The summed E-state index contributed by atoms with van der Waals surface area (Å²) in [5.41, 5.74) is 6.20. The van der Waals surface area contributed by atoms with Crippen LogP contribution in [0.3, 0.4) is 0 Å². The van der Waals surface area contributed by atoms with E-state index in [1.807, 2.05) is 6.07 Å². The van der Waals surface area contributed by atoms with E-state index < -0.39 is 0 Å². The molecule has 0 atom stereocenters. The summed E-state index contributed by atoms with van der Waals surface area (Å²) in [7, 11) is 1.49. The Balaban J connectivity index is 0.00000182. The minimum Gasteiger partial charge on any atom is -0.494 e. The molecule has 3 aromatic rings. The maximum atomic E-state index is 14.0. The minimum atomic E-state index is -0.311. The third kappa shape index (κ3) is 3.12. The van der Waals surface area contributed by atoms with Crippen molar-refractivity contribution in [3.63, 3.8) is 0 Å². The van der Waals surface area contributed by atoms with E-state index in [1.54, 1.807) is 12.1 Å². The van der Waals surface area contributed by atoms with Gasteiger partial charge >= 0.3 is 0 Å². The fourth-order valence-electron chi connectivity index (χ4n) is 3.66. The Kier molecular flexibility index (Phi) is 5.02. The predicted molar refractivity (Wildman–Crippen MR) is 101 cm³/mol. The topological polar surface area (TPSA) is 26.2 Å². The number of hydrogen-bond donors (Lipinski definition) is 1. The van der Waals surface area contributed by atoms with Crippen molar-refractivity contribution in [2.75, 3.05) is 13.7 Å². The van der Waals surface area contributed by atoms with Gasteiger partial charge in [0.2, 0.25) is 0 Å². The molecule has 0 fully saturated rings. The Hall–Kier alpha value is -2.04. The Morgan fingerprint density at radius 2 is 2.04 bits per heavy atom. The third-order valence-electron chi connectivity index (χ3n) is 4.84. The summed E-state index contributed by atoms with van der Waals surface area (Å²) in [5.74, 6) is -0.0234. The molecule has 0 aliphatic carbocycles. The average Bonchev–Trinajstić information content (AvgIpc) is 2.89. The average molecular weight is 361 g/mol. The summed E-state index contributed by atoms with van der Waals surface area (Å²) in [6.45, 7) is 4.67. The fraction of sp³-hybridized carbons (Fsp3) is 0.300. The lowest BCUT2D eigenvalue weighted by molar-refractivity contribution is 0.386. The zero-order valence-electron chi connectivity index (χ0n) is 14.4. The molecule has 3 nitrogen and oxygen atoms in total. The van der Waals surface area contributed by atoms with Crippen LogP contribution in [0.15, 0.2) is 36.4 Å². The predicted octanol–water partition coefficient (Wildman–Crippen LogP) is 4.21. The second-order valence-electron chi connectivity index (χ2n) is 6.43. The number of halogens is 2. The van der Waals surface area contributed by atoms with Crippen molar-refractivity contribution in [1.29, 1.82) is 0 Å². The number of ether oxygens (including phenoxy) is 1. The summed E-state index contributed by atoms with van der Waals surface area (Å²) in [5, 5.41) is 4.79. The van der Waals surface area contributed by atoms with Gasteiger partial charge in [-0.05, 0) is 55.3 Å². The van der Waals surface area contributed by atoms with Crippen molar-refractivity contribution in [1.82, 2.24) is 9.88 Å². The quantitative estimate of drug-likeness (QED) is 0.757. The van der Waals surface area contributed by atoms with Gasteiger partial charge in [0.05, 0.1) is 7.11 Å². The molecule has 5 heteroatoms. The highest BCUT2D eigenvalue weighted by Crippen LogP contribution is 2.30. The number of nitrogens with one attached hydrogen (secondary N) is 1. The van der Waals surface area contributed by atoms with Gasteiger partial charge in [0.25, 0.3) is 0 Å². The Bertz CT molecular complexity index is 920. The van der Waals surface area contributed by atoms with Crippen LogP contribution in [-0.4, -0.2) is 18.2 Å². The third-order valence-corrected chi connectivity index (χ3v) is 4.84. The maximum absolute atomic E-state index is 14.0. The lowest BCUT2D eigenvalue weighted by atomic mass is 10.0. The van der Waals surface area contributed by atoms with Gasteiger partial charge in [0.1, 0.15) is 0 Å². The number of benzene rings is 2. The van der Waals surface area contributed by atoms with Gasteiger partial charge in [-0.3, -0.25) is 0 Å². The largest absolute Gasteiger partial charge is 0.494 e. The number of methoxy groups -OCH3 is 1. The monoisotopic (exact) mass is 360 g/mol. The van der Waals surface area contributed by atoms with Crippen LogP contribution in [0.1, 0.15) is 22.4 Å². The first-order valence-corrected chi connectivity index (χ1v) is 8.31. The molecule has 1 aromatic heterocycles. The molecule has 0 amide bonds. The summed E-state index contributed by atoms with van der Waals surface area (Å²) >= 11 is 0. The normalized spacial score (nSPS) is 13.4. The van der Waals surface area contributed by atoms with E-state index in [4.69, 9.17) is 4.74 Å². The molecule has 0 bridgehead atoms. The van der Waals surface area contributed by atoms with Crippen LogP contribution < -0.4 is 10.1 Å². The lowest BCUT2D eigenvalue weighted by Gasteiger charge is -2.17. The van der Waals surface area contributed by atoms with Crippen molar-refractivity contribution >= 4 is 23.3 Å². The molecule has 0 spiro atoms. The number of nitrogens with zero attached hydrogens (tertiary/aromatic N) is 1. The molecule has 132 valence electrons. The van der Waals surface area contributed by atoms with Crippen molar-refractivity contribution in [3.05, 3.63) is 64.6 Å². The van der Waals surface area contributed by atoms with E-state index in [1.165, 1.54) is 34.8 Å². The van der Waals surface area contributed by atoms with E-state index in [9.17, 15) is 4.39 Å². The second kappa shape index (κ2) is 7.06. The van der Waals surface area contributed by atoms with Crippen LogP contribution in [0, 0.1) is 12.7 Å². The van der Waals surface area contributed by atoms with E-state index in [-0.39, 0.29) is 24.0 Å². The summed E-state index contributed by atoms with van der Waals surface area (Å²) < 4.78 is 21.4. The van der Waals surface area contributed by atoms with Gasteiger partial charge in [0.15, 0.2) is 11.6 Å². The first-order chi connectivity index (χ1) is 11.7. The van der Waals surface area contributed by atoms with Crippen LogP contribution in [0.25, 0.3) is 10.9 Å². The van der Waals surface area contributed by atoms with E-state index in [0.29, 0.717) is 6.54 Å².